The van der Waals surface area contributed by atoms with E-state index in [0.717, 1.165) is 44.5 Å². The number of rotatable bonds is 12. The van der Waals surface area contributed by atoms with E-state index in [-0.39, 0.29) is 30.1 Å². The first-order chi connectivity index (χ1) is 17.3. The largest absolute Gasteiger partial charge is 0.385 e. The molecule has 2 aliphatic heterocycles. The molecule has 0 radical (unpaired) electrons. The molecule has 1 spiro atoms. The molecule has 1 aromatic rings. The topological polar surface area (TPSA) is 91.0 Å². The molecule has 1 aromatic carbocycles. The van der Waals surface area contributed by atoms with Crippen molar-refractivity contribution in [2.45, 2.75) is 77.4 Å². The molecule has 0 saturated carbocycles. The first-order valence-electron chi connectivity index (χ1n) is 13.5. The Balaban J connectivity index is 0.00000481. The summed E-state index contributed by atoms with van der Waals surface area (Å²) in [6, 6.07) is 7.31. The van der Waals surface area contributed by atoms with E-state index in [9.17, 15) is 14.4 Å². The van der Waals surface area contributed by atoms with Crippen molar-refractivity contribution in [3.8, 4) is 0 Å². The third-order valence-corrected chi connectivity index (χ3v) is 7.37. The Labute approximate surface area is 228 Å². The number of nitrogens with zero attached hydrogens (tertiary/aromatic N) is 2. The fourth-order valence-electron chi connectivity index (χ4n) is 5.27. The predicted molar refractivity (Wildman–Crippen MR) is 148 cm³/mol. The summed E-state index contributed by atoms with van der Waals surface area (Å²) in [7, 11) is 1.65. The van der Waals surface area contributed by atoms with Gasteiger partial charge in [0.1, 0.15) is 11.6 Å². The minimum atomic E-state index is -0.735. The Morgan fingerprint density at radius 2 is 1.84 bits per heavy atom. The van der Waals surface area contributed by atoms with Crippen LogP contribution < -0.4 is 10.6 Å². The van der Waals surface area contributed by atoms with Gasteiger partial charge in [0.25, 0.3) is 5.91 Å². The van der Waals surface area contributed by atoms with Crippen molar-refractivity contribution in [3.05, 3.63) is 35.4 Å². The molecule has 0 bridgehead atoms. The van der Waals surface area contributed by atoms with E-state index in [1.54, 1.807) is 7.11 Å². The molecule has 0 aliphatic carbocycles. The van der Waals surface area contributed by atoms with Gasteiger partial charge in [-0.25, -0.2) is 0 Å². The summed E-state index contributed by atoms with van der Waals surface area (Å²) in [5, 5.41) is 5.98. The van der Waals surface area contributed by atoms with E-state index in [1.807, 2.05) is 29.2 Å². The highest BCUT2D eigenvalue weighted by Gasteiger charge is 2.53. The summed E-state index contributed by atoms with van der Waals surface area (Å²) < 4.78 is 5.01. The summed E-state index contributed by atoms with van der Waals surface area (Å²) in [4.78, 5) is 43.3. The Morgan fingerprint density at radius 3 is 2.43 bits per heavy atom. The molecule has 3 rings (SSSR count). The van der Waals surface area contributed by atoms with Crippen LogP contribution in [0.25, 0.3) is 0 Å². The number of nitrogens with one attached hydrogen (secondary N) is 2. The number of carbonyl (C=O) groups is 3. The normalized spacial score (nSPS) is 19.6. The van der Waals surface area contributed by atoms with Crippen molar-refractivity contribution in [1.29, 1.82) is 0 Å². The number of methoxy groups -OCH3 is 1. The quantitative estimate of drug-likeness (QED) is 0.400. The van der Waals surface area contributed by atoms with Gasteiger partial charge in [0.05, 0.1) is 0 Å². The molecule has 3 amide bonds. The van der Waals surface area contributed by atoms with Crippen LogP contribution in [0, 0.1) is 5.92 Å². The second kappa shape index (κ2) is 14.7. The first kappa shape index (κ1) is 31.1. The van der Waals surface area contributed by atoms with Crippen LogP contribution >= 0.6 is 12.4 Å². The highest BCUT2D eigenvalue weighted by atomic mass is 35.5. The lowest BCUT2D eigenvalue weighted by Crippen LogP contribution is -2.73. The molecule has 0 unspecified atom stereocenters. The van der Waals surface area contributed by atoms with Gasteiger partial charge >= 0.3 is 0 Å². The maximum atomic E-state index is 13.4. The zero-order chi connectivity index (χ0) is 26.1. The van der Waals surface area contributed by atoms with Crippen LogP contribution in [0.3, 0.4) is 0 Å². The molecular weight excluding hydrogens is 492 g/mol. The van der Waals surface area contributed by atoms with E-state index in [0.29, 0.717) is 50.4 Å². The van der Waals surface area contributed by atoms with Crippen molar-refractivity contribution in [1.82, 2.24) is 20.4 Å². The maximum Gasteiger partial charge on any atom is 0.251 e. The van der Waals surface area contributed by atoms with Crippen LogP contribution in [0.4, 0.5) is 0 Å². The lowest BCUT2D eigenvalue weighted by atomic mass is 9.80. The smallest absolute Gasteiger partial charge is 0.251 e. The number of carbonyl (C=O) groups excluding carboxylic acids is 3. The van der Waals surface area contributed by atoms with Gasteiger partial charge in [0, 0.05) is 52.0 Å². The molecule has 0 aromatic heterocycles. The van der Waals surface area contributed by atoms with E-state index in [2.05, 4.69) is 36.3 Å². The van der Waals surface area contributed by atoms with E-state index >= 15 is 0 Å². The Morgan fingerprint density at radius 1 is 1.16 bits per heavy atom. The molecule has 2 N–H and O–H groups in total. The lowest BCUT2D eigenvalue weighted by molar-refractivity contribution is -0.161. The van der Waals surface area contributed by atoms with Crippen molar-refractivity contribution >= 4 is 30.1 Å². The molecule has 8 nitrogen and oxygen atoms in total. The van der Waals surface area contributed by atoms with Crippen LogP contribution in [0.5, 0.6) is 0 Å². The predicted octanol–water partition coefficient (Wildman–Crippen LogP) is 3.38. The number of piperazine rings is 1. The molecule has 2 saturated heterocycles. The number of likely N-dealkylation sites (tertiary alicyclic amines) is 1. The van der Waals surface area contributed by atoms with E-state index < -0.39 is 11.6 Å². The summed E-state index contributed by atoms with van der Waals surface area (Å²) in [6.45, 7) is 10.4. The van der Waals surface area contributed by atoms with Gasteiger partial charge in [0.15, 0.2) is 0 Å². The standard InChI is InChI=1S/C28H44N4O4.ClH/c1-5-6-15-32-26(34)24(19-21(2)3)30-27(35)28(32)12-16-31(17-13-28)20-22-8-10-23(11-9-22)25(33)29-14-7-18-36-4;/h8-11,21,24H,5-7,12-20H2,1-4H3,(H,29,33)(H,30,35);1H/t24-;/m0./s1. The molecule has 2 fully saturated rings. The van der Waals surface area contributed by atoms with Crippen LogP contribution in [-0.2, 0) is 20.9 Å². The molecular formula is C28H45ClN4O4. The Kier molecular flexibility index (Phi) is 12.3. The average molecular weight is 537 g/mol. The number of hydrogen-bond donors (Lipinski definition) is 2. The summed E-state index contributed by atoms with van der Waals surface area (Å²) in [5.74, 6) is 0.371. The second-order valence-electron chi connectivity index (χ2n) is 10.6. The zero-order valence-corrected chi connectivity index (χ0v) is 23.7. The van der Waals surface area contributed by atoms with Gasteiger partial charge in [-0.2, -0.15) is 0 Å². The number of piperidine rings is 1. The molecule has 208 valence electrons. The molecule has 1 atom stereocenters. The number of benzene rings is 1. The van der Waals surface area contributed by atoms with Crippen LogP contribution in [0.2, 0.25) is 0 Å². The number of hydrogen-bond acceptors (Lipinski definition) is 5. The molecule has 2 aliphatic rings. The summed E-state index contributed by atoms with van der Waals surface area (Å²) >= 11 is 0. The van der Waals surface area contributed by atoms with Gasteiger partial charge in [0.2, 0.25) is 11.8 Å². The SMILES string of the molecule is CCCCN1C(=O)[C@H](CC(C)C)NC(=O)C12CCN(Cc1ccc(C(=O)NCCCOC)cc1)CC2.Cl. The fraction of sp³-hybridized carbons (Fsp3) is 0.679. The van der Waals surface area contributed by atoms with E-state index in [1.165, 1.54) is 0 Å². The number of unbranched alkanes of at least 4 members (excludes halogenated alkanes) is 1. The maximum absolute atomic E-state index is 13.4. The molecule has 9 heteroatoms. The van der Waals surface area contributed by atoms with Gasteiger partial charge in [-0.05, 0) is 55.7 Å². The minimum absolute atomic E-state index is 0. The van der Waals surface area contributed by atoms with Gasteiger partial charge in [-0.3, -0.25) is 19.3 Å². The average Bonchev–Trinajstić information content (AvgIpc) is 2.86. The van der Waals surface area contributed by atoms with Gasteiger partial charge in [-0.1, -0.05) is 39.3 Å². The third kappa shape index (κ3) is 7.91. The van der Waals surface area contributed by atoms with Crippen LogP contribution in [0.1, 0.15) is 75.2 Å². The molecule has 2 heterocycles. The van der Waals surface area contributed by atoms with Crippen molar-refractivity contribution in [2.24, 2.45) is 5.92 Å². The zero-order valence-electron chi connectivity index (χ0n) is 22.9. The van der Waals surface area contributed by atoms with E-state index in [4.69, 9.17) is 4.74 Å². The number of ether oxygens (including phenoxy) is 1. The Bertz CT molecular complexity index is 885. The fourth-order valence-corrected chi connectivity index (χ4v) is 5.27. The third-order valence-electron chi connectivity index (χ3n) is 7.37. The van der Waals surface area contributed by atoms with Gasteiger partial charge < -0.3 is 20.3 Å². The monoisotopic (exact) mass is 536 g/mol. The number of halogens is 1. The first-order valence-corrected chi connectivity index (χ1v) is 13.5. The van der Waals surface area contributed by atoms with Gasteiger partial charge in [-0.15, -0.1) is 12.4 Å². The summed E-state index contributed by atoms with van der Waals surface area (Å²) in [6.07, 6.45) is 4.65. The van der Waals surface area contributed by atoms with Crippen LogP contribution in [0.15, 0.2) is 24.3 Å². The lowest BCUT2D eigenvalue weighted by Gasteiger charge is -2.52. The van der Waals surface area contributed by atoms with Crippen molar-refractivity contribution < 1.29 is 19.1 Å². The highest BCUT2D eigenvalue weighted by molar-refractivity contribution is 6.00. The second-order valence-corrected chi connectivity index (χ2v) is 10.6. The summed E-state index contributed by atoms with van der Waals surface area (Å²) in [5.41, 5.74) is 1.04. The minimum Gasteiger partial charge on any atom is -0.385 e. The van der Waals surface area contributed by atoms with Crippen molar-refractivity contribution in [3.63, 3.8) is 0 Å². The highest BCUT2D eigenvalue weighted by Crippen LogP contribution is 2.34. The molecule has 37 heavy (non-hydrogen) atoms. The number of amides is 3. The van der Waals surface area contributed by atoms with Crippen LogP contribution in [-0.4, -0.2) is 79.0 Å². The van der Waals surface area contributed by atoms with Crippen molar-refractivity contribution in [2.75, 3.05) is 39.9 Å². The Hall–Kier alpha value is -2.16.